The number of aromatic hydroxyl groups is 4. The van der Waals surface area contributed by atoms with Crippen molar-refractivity contribution in [3.63, 3.8) is 0 Å². The third-order valence-corrected chi connectivity index (χ3v) is 3.25. The molecule has 3 rings (SSSR count). The Bertz CT molecular complexity index is 809. The highest BCUT2D eigenvalue weighted by molar-refractivity contribution is 6.01. The van der Waals surface area contributed by atoms with Gasteiger partial charge < -0.3 is 20.4 Å². The van der Waals surface area contributed by atoms with Gasteiger partial charge in [0.2, 0.25) is 0 Å². The smallest absolute Gasteiger partial charge is 0.123 e. The van der Waals surface area contributed by atoms with Crippen molar-refractivity contribution in [2.24, 2.45) is 0 Å². The normalized spacial score (nSPS) is 10.8. The molecule has 4 N–H and O–H groups in total. The first kappa shape index (κ1) is 12.2. The highest BCUT2D eigenvalue weighted by atomic mass is 16.3. The predicted molar refractivity (Wildman–Crippen MR) is 76.0 cm³/mol. The van der Waals surface area contributed by atoms with E-state index in [2.05, 4.69) is 0 Å². The summed E-state index contributed by atoms with van der Waals surface area (Å²) in [4.78, 5) is 0. The van der Waals surface area contributed by atoms with Crippen LogP contribution in [0.3, 0.4) is 0 Å². The molecule has 100 valence electrons. The second-order valence-electron chi connectivity index (χ2n) is 4.56. The molecule has 4 nitrogen and oxygen atoms in total. The minimum absolute atomic E-state index is 0.0122. The Morgan fingerprint density at radius 2 is 1.15 bits per heavy atom. The van der Waals surface area contributed by atoms with Crippen LogP contribution in [0.15, 0.2) is 48.5 Å². The van der Waals surface area contributed by atoms with Crippen molar-refractivity contribution in [2.75, 3.05) is 0 Å². The fourth-order valence-corrected chi connectivity index (χ4v) is 2.29. The largest absolute Gasteiger partial charge is 0.508 e. The Morgan fingerprint density at radius 1 is 0.500 bits per heavy atom. The molecule has 0 spiro atoms. The van der Waals surface area contributed by atoms with Gasteiger partial charge in [0.25, 0.3) is 0 Å². The highest BCUT2D eigenvalue weighted by Gasteiger charge is 2.12. The van der Waals surface area contributed by atoms with Gasteiger partial charge in [-0.1, -0.05) is 0 Å². The van der Waals surface area contributed by atoms with Gasteiger partial charge in [0.15, 0.2) is 0 Å². The monoisotopic (exact) mass is 268 g/mol. The molecule has 0 amide bonds. The van der Waals surface area contributed by atoms with E-state index in [4.69, 9.17) is 0 Å². The summed E-state index contributed by atoms with van der Waals surface area (Å²) >= 11 is 0. The summed E-state index contributed by atoms with van der Waals surface area (Å²) in [6.45, 7) is 0. The van der Waals surface area contributed by atoms with Gasteiger partial charge in [0.05, 0.1) is 0 Å². The third-order valence-electron chi connectivity index (χ3n) is 3.25. The quantitative estimate of drug-likeness (QED) is 0.510. The molecule has 0 aliphatic rings. The Balaban J connectivity index is 2.39. The fourth-order valence-electron chi connectivity index (χ4n) is 2.29. The molecule has 3 aromatic carbocycles. The lowest BCUT2D eigenvalue weighted by molar-refractivity contribution is 0.462. The van der Waals surface area contributed by atoms with Crippen LogP contribution in [0.25, 0.3) is 21.9 Å². The maximum Gasteiger partial charge on any atom is 0.123 e. The van der Waals surface area contributed by atoms with E-state index in [0.29, 0.717) is 21.9 Å². The summed E-state index contributed by atoms with van der Waals surface area (Å²) in [6, 6.07) is 11.9. The Morgan fingerprint density at radius 3 is 1.95 bits per heavy atom. The van der Waals surface area contributed by atoms with Crippen LogP contribution in [0.5, 0.6) is 23.0 Å². The minimum Gasteiger partial charge on any atom is -0.508 e. The van der Waals surface area contributed by atoms with Crippen molar-refractivity contribution in [1.82, 2.24) is 0 Å². The maximum absolute atomic E-state index is 9.95. The molecule has 0 bridgehead atoms. The SMILES string of the molecule is Oc1ccc(O)c(-c2ccc(O)c3ccc(O)cc23)c1. The van der Waals surface area contributed by atoms with Gasteiger partial charge >= 0.3 is 0 Å². The second kappa shape index (κ2) is 4.35. The first-order valence-electron chi connectivity index (χ1n) is 6.03. The summed E-state index contributed by atoms with van der Waals surface area (Å²) in [5.41, 5.74) is 1.04. The summed E-state index contributed by atoms with van der Waals surface area (Å²) < 4.78 is 0. The van der Waals surface area contributed by atoms with Crippen LogP contribution in [-0.2, 0) is 0 Å². The molecule has 0 atom stereocenters. The van der Waals surface area contributed by atoms with Gasteiger partial charge in [0, 0.05) is 10.9 Å². The van der Waals surface area contributed by atoms with Crippen LogP contribution in [0.4, 0.5) is 0 Å². The van der Waals surface area contributed by atoms with Gasteiger partial charge in [0.1, 0.15) is 23.0 Å². The molecule has 0 radical (unpaired) electrons. The molecule has 20 heavy (non-hydrogen) atoms. The molecule has 0 aliphatic heterocycles. The van der Waals surface area contributed by atoms with E-state index in [1.165, 1.54) is 36.4 Å². The van der Waals surface area contributed by atoms with Crippen molar-refractivity contribution < 1.29 is 20.4 Å². The number of rotatable bonds is 1. The van der Waals surface area contributed by atoms with Crippen LogP contribution in [-0.4, -0.2) is 20.4 Å². The number of phenolic OH excluding ortho intramolecular Hbond substituents is 4. The van der Waals surface area contributed by atoms with Crippen molar-refractivity contribution >= 4 is 10.8 Å². The van der Waals surface area contributed by atoms with Gasteiger partial charge in [-0.05, 0) is 59.5 Å². The molecule has 0 saturated heterocycles. The van der Waals surface area contributed by atoms with Gasteiger partial charge in [-0.25, -0.2) is 0 Å². The molecular weight excluding hydrogens is 256 g/mol. The summed E-state index contributed by atoms with van der Waals surface area (Å²) in [6.07, 6.45) is 0. The van der Waals surface area contributed by atoms with Crippen LogP contribution in [0.2, 0.25) is 0 Å². The zero-order chi connectivity index (χ0) is 14.3. The average molecular weight is 268 g/mol. The van der Waals surface area contributed by atoms with E-state index in [1.54, 1.807) is 12.1 Å². The third kappa shape index (κ3) is 1.87. The Labute approximate surface area is 114 Å². The summed E-state index contributed by atoms with van der Waals surface area (Å²) in [7, 11) is 0. The first-order valence-corrected chi connectivity index (χ1v) is 6.03. The molecule has 0 unspecified atom stereocenters. The van der Waals surface area contributed by atoms with E-state index in [-0.39, 0.29) is 23.0 Å². The molecule has 3 aromatic rings. The van der Waals surface area contributed by atoms with Crippen molar-refractivity contribution in [3.8, 4) is 34.1 Å². The highest BCUT2D eigenvalue weighted by Crippen LogP contribution is 2.40. The van der Waals surface area contributed by atoms with Crippen molar-refractivity contribution in [1.29, 1.82) is 0 Å². The van der Waals surface area contributed by atoms with Crippen molar-refractivity contribution in [3.05, 3.63) is 48.5 Å². The lowest BCUT2D eigenvalue weighted by Gasteiger charge is -2.11. The second-order valence-corrected chi connectivity index (χ2v) is 4.56. The van der Waals surface area contributed by atoms with E-state index in [1.807, 2.05) is 0 Å². The zero-order valence-corrected chi connectivity index (χ0v) is 10.4. The van der Waals surface area contributed by atoms with Gasteiger partial charge in [-0.15, -0.1) is 0 Å². The summed E-state index contributed by atoms with van der Waals surface area (Å²) in [5, 5.41) is 40.2. The number of phenols is 4. The van der Waals surface area contributed by atoms with Crippen molar-refractivity contribution in [2.45, 2.75) is 0 Å². The van der Waals surface area contributed by atoms with E-state index >= 15 is 0 Å². The number of benzene rings is 3. The van der Waals surface area contributed by atoms with Crippen LogP contribution in [0.1, 0.15) is 0 Å². The molecule has 4 heteroatoms. The summed E-state index contributed by atoms with van der Waals surface area (Å²) in [5.74, 6) is 0.185. The Hall–Kier alpha value is -2.88. The molecule has 0 aromatic heterocycles. The number of hydrogen-bond acceptors (Lipinski definition) is 4. The van der Waals surface area contributed by atoms with Gasteiger partial charge in [-0.3, -0.25) is 0 Å². The van der Waals surface area contributed by atoms with Gasteiger partial charge in [-0.2, -0.15) is 0 Å². The van der Waals surface area contributed by atoms with Crippen LogP contribution >= 0.6 is 0 Å². The maximum atomic E-state index is 9.95. The minimum atomic E-state index is 0.0122. The standard InChI is InChI=1S/C16H12O4/c17-9-1-3-12-13(7-9)11(4-6-15(12)19)14-8-10(18)2-5-16(14)20/h1-8,17-20H. The van der Waals surface area contributed by atoms with E-state index in [9.17, 15) is 20.4 Å². The zero-order valence-electron chi connectivity index (χ0n) is 10.4. The van der Waals surface area contributed by atoms with Crippen LogP contribution < -0.4 is 0 Å². The van der Waals surface area contributed by atoms with Crippen LogP contribution in [0, 0.1) is 0 Å². The van der Waals surface area contributed by atoms with E-state index in [0.717, 1.165) is 0 Å². The lowest BCUT2D eigenvalue weighted by atomic mass is 9.96. The topological polar surface area (TPSA) is 80.9 Å². The molecule has 0 aliphatic carbocycles. The lowest BCUT2D eigenvalue weighted by Crippen LogP contribution is -1.83. The molecule has 0 saturated carbocycles. The number of hydrogen-bond donors (Lipinski definition) is 4. The fraction of sp³-hybridized carbons (Fsp3) is 0. The molecular formula is C16H12O4. The average Bonchev–Trinajstić information content (AvgIpc) is 2.42. The number of fused-ring (bicyclic) bond motifs is 1. The van der Waals surface area contributed by atoms with E-state index < -0.39 is 0 Å². The predicted octanol–water partition coefficient (Wildman–Crippen LogP) is 3.33. The first-order chi connectivity index (χ1) is 9.56. The Kier molecular flexibility index (Phi) is 2.64. The molecule has 0 fully saturated rings. The molecule has 0 heterocycles.